The third-order valence-electron chi connectivity index (χ3n) is 5.40. The molecule has 2 amide bonds. The highest BCUT2D eigenvalue weighted by Gasteiger charge is 2.42. The number of carbonyl (C=O) groups excluding carboxylic acids is 1. The maximum atomic E-state index is 13.4. The lowest BCUT2D eigenvalue weighted by Crippen LogP contribution is -2.42. The second-order valence-corrected chi connectivity index (χ2v) is 7.62. The van der Waals surface area contributed by atoms with Crippen LogP contribution in [0.3, 0.4) is 0 Å². The van der Waals surface area contributed by atoms with Gasteiger partial charge in [0, 0.05) is 32.2 Å². The van der Waals surface area contributed by atoms with E-state index in [4.69, 9.17) is 0 Å². The zero-order valence-corrected chi connectivity index (χ0v) is 16.6. The molecule has 4 rings (SSSR count). The van der Waals surface area contributed by atoms with E-state index in [0.717, 1.165) is 12.3 Å². The van der Waals surface area contributed by atoms with E-state index in [1.807, 2.05) is 0 Å². The molecule has 0 spiro atoms. The molecule has 2 aromatic rings. The number of urea groups is 1. The van der Waals surface area contributed by atoms with E-state index in [1.54, 1.807) is 17.0 Å². The van der Waals surface area contributed by atoms with E-state index >= 15 is 0 Å². The van der Waals surface area contributed by atoms with Gasteiger partial charge in [0.15, 0.2) is 5.82 Å². The Morgan fingerprint density at radius 1 is 1.19 bits per heavy atom. The normalized spacial score (nSPS) is 19.3. The molecule has 1 fully saturated rings. The Kier molecular flexibility index (Phi) is 5.84. The van der Waals surface area contributed by atoms with Gasteiger partial charge in [0.1, 0.15) is 11.6 Å². The predicted molar refractivity (Wildman–Crippen MR) is 109 cm³/mol. The number of rotatable bonds is 2. The minimum Gasteiger partial charge on any atom is -0.382 e. The van der Waals surface area contributed by atoms with Crippen LogP contribution in [-0.2, 0) is 0 Å². The van der Waals surface area contributed by atoms with Crippen molar-refractivity contribution in [2.75, 3.05) is 46.6 Å². The number of hydrogen-bond acceptors (Lipinski definition) is 5. The van der Waals surface area contributed by atoms with E-state index in [9.17, 15) is 22.4 Å². The van der Waals surface area contributed by atoms with Crippen LogP contribution in [0, 0.1) is 11.7 Å². The summed E-state index contributed by atoms with van der Waals surface area (Å²) < 4.78 is 53.0. The van der Waals surface area contributed by atoms with Crippen molar-refractivity contribution < 1.29 is 22.4 Å². The summed E-state index contributed by atoms with van der Waals surface area (Å²) in [4.78, 5) is 24.2. The summed E-state index contributed by atoms with van der Waals surface area (Å²) in [6.45, 7) is 1.26. The number of nitrogens with one attached hydrogen (secondary N) is 2. The summed E-state index contributed by atoms with van der Waals surface area (Å²) in [5, 5.41) is 5.79. The number of carbonyl (C=O) groups is 1. The minimum atomic E-state index is -4.25. The Labute approximate surface area is 176 Å². The van der Waals surface area contributed by atoms with E-state index in [-0.39, 0.29) is 18.7 Å². The quantitative estimate of drug-likeness (QED) is 0.686. The summed E-state index contributed by atoms with van der Waals surface area (Å²) in [5.74, 6) is -1.27. The molecular weight excluding hydrogens is 416 g/mol. The number of aromatic nitrogens is 2. The average Bonchev–Trinajstić information content (AvgIpc) is 2.95. The van der Waals surface area contributed by atoms with E-state index in [1.165, 1.54) is 11.1 Å². The molecule has 11 heteroatoms. The largest absolute Gasteiger partial charge is 0.393 e. The van der Waals surface area contributed by atoms with Gasteiger partial charge < -0.3 is 15.5 Å². The van der Waals surface area contributed by atoms with Crippen molar-refractivity contribution in [2.45, 2.75) is 25.4 Å². The standard InChI is InChI=1S/C20H22F4N6O/c21-14-9-15(11-25-10-14)27-19(31)30-8-2-6-26-16-4-5-17(28-18(16)30)29-7-1-3-13(12-29)20(22,23)24/h4-5,9-11,13,26H,1-3,6-8,12H2,(H,27,31). The molecule has 2 aliphatic heterocycles. The molecule has 0 bridgehead atoms. The third kappa shape index (κ3) is 4.80. The molecular formula is C20H22F4N6O. The van der Waals surface area contributed by atoms with Gasteiger partial charge in [0.25, 0.3) is 0 Å². The zero-order chi connectivity index (χ0) is 22.0. The first-order valence-corrected chi connectivity index (χ1v) is 10.1. The zero-order valence-electron chi connectivity index (χ0n) is 16.6. The van der Waals surface area contributed by atoms with Gasteiger partial charge in [0.2, 0.25) is 0 Å². The third-order valence-corrected chi connectivity index (χ3v) is 5.40. The smallest absolute Gasteiger partial charge is 0.382 e. The lowest BCUT2D eigenvalue weighted by atomic mass is 9.97. The molecule has 1 unspecified atom stereocenters. The number of pyridine rings is 2. The van der Waals surface area contributed by atoms with Crippen LogP contribution in [0.4, 0.5) is 45.4 Å². The van der Waals surface area contributed by atoms with Gasteiger partial charge in [-0.1, -0.05) is 0 Å². The fourth-order valence-electron chi connectivity index (χ4n) is 3.85. The molecule has 1 saturated heterocycles. The first kappa shape index (κ1) is 21.1. The number of alkyl halides is 3. The molecule has 31 heavy (non-hydrogen) atoms. The van der Waals surface area contributed by atoms with Gasteiger partial charge in [0.05, 0.1) is 29.7 Å². The van der Waals surface area contributed by atoms with Gasteiger partial charge >= 0.3 is 12.2 Å². The molecule has 0 aliphatic carbocycles. The number of halogens is 4. The van der Waals surface area contributed by atoms with Crippen LogP contribution in [0.2, 0.25) is 0 Å². The minimum absolute atomic E-state index is 0.0999. The maximum absolute atomic E-state index is 13.4. The second kappa shape index (κ2) is 8.56. The second-order valence-electron chi connectivity index (χ2n) is 7.62. The first-order chi connectivity index (χ1) is 14.8. The topological polar surface area (TPSA) is 73.4 Å². The van der Waals surface area contributed by atoms with Crippen LogP contribution in [0.5, 0.6) is 0 Å². The maximum Gasteiger partial charge on any atom is 0.393 e. The van der Waals surface area contributed by atoms with Gasteiger partial charge in [-0.25, -0.2) is 14.2 Å². The Morgan fingerprint density at radius 2 is 2.03 bits per heavy atom. The monoisotopic (exact) mass is 438 g/mol. The molecule has 166 valence electrons. The van der Waals surface area contributed by atoms with Crippen molar-refractivity contribution in [3.05, 3.63) is 36.4 Å². The van der Waals surface area contributed by atoms with Crippen LogP contribution >= 0.6 is 0 Å². The van der Waals surface area contributed by atoms with E-state index in [0.29, 0.717) is 49.8 Å². The Bertz CT molecular complexity index is 954. The Balaban J connectivity index is 1.59. The summed E-state index contributed by atoms with van der Waals surface area (Å²) >= 11 is 0. The van der Waals surface area contributed by atoms with Crippen molar-refractivity contribution in [1.29, 1.82) is 0 Å². The predicted octanol–water partition coefficient (Wildman–Crippen LogP) is 4.25. The molecule has 0 saturated carbocycles. The molecule has 7 nitrogen and oxygen atoms in total. The molecule has 0 radical (unpaired) electrons. The lowest BCUT2D eigenvalue weighted by Gasteiger charge is -2.35. The van der Waals surface area contributed by atoms with Gasteiger partial charge in [-0.3, -0.25) is 9.88 Å². The van der Waals surface area contributed by atoms with Gasteiger partial charge in [-0.2, -0.15) is 13.2 Å². The number of piperidine rings is 1. The van der Waals surface area contributed by atoms with Crippen molar-refractivity contribution in [3.8, 4) is 0 Å². The van der Waals surface area contributed by atoms with Crippen LogP contribution < -0.4 is 20.4 Å². The van der Waals surface area contributed by atoms with Crippen molar-refractivity contribution in [1.82, 2.24) is 9.97 Å². The first-order valence-electron chi connectivity index (χ1n) is 10.1. The molecule has 2 aromatic heterocycles. The highest BCUT2D eigenvalue weighted by atomic mass is 19.4. The highest BCUT2D eigenvalue weighted by Crippen LogP contribution is 2.36. The molecule has 0 aromatic carbocycles. The van der Waals surface area contributed by atoms with E-state index < -0.39 is 23.9 Å². The Morgan fingerprint density at radius 3 is 2.81 bits per heavy atom. The fraction of sp³-hybridized carbons (Fsp3) is 0.450. The number of fused-ring (bicyclic) bond motifs is 1. The summed E-state index contributed by atoms with van der Waals surface area (Å²) in [5.41, 5.74) is 0.808. The Hall–Kier alpha value is -3.11. The molecule has 1 atom stereocenters. The van der Waals surface area contributed by atoms with Crippen molar-refractivity contribution in [2.24, 2.45) is 5.92 Å². The highest BCUT2D eigenvalue weighted by molar-refractivity contribution is 6.03. The van der Waals surface area contributed by atoms with Crippen LogP contribution in [0.25, 0.3) is 0 Å². The molecule has 2 aliphatic rings. The van der Waals surface area contributed by atoms with Crippen molar-refractivity contribution >= 4 is 29.0 Å². The SMILES string of the molecule is O=C(Nc1cncc(F)c1)N1CCCNc2ccc(N3CCCC(C(F)(F)F)C3)nc21. The van der Waals surface area contributed by atoms with Crippen LogP contribution in [-0.4, -0.2) is 48.4 Å². The summed E-state index contributed by atoms with van der Waals surface area (Å²) in [6, 6.07) is 4.03. The summed E-state index contributed by atoms with van der Waals surface area (Å²) in [6.07, 6.45) is -0.744. The number of anilines is 4. The fourth-order valence-corrected chi connectivity index (χ4v) is 3.85. The van der Waals surface area contributed by atoms with Gasteiger partial charge in [-0.05, 0) is 31.4 Å². The van der Waals surface area contributed by atoms with Gasteiger partial charge in [-0.15, -0.1) is 0 Å². The lowest BCUT2D eigenvalue weighted by molar-refractivity contribution is -0.176. The average molecular weight is 438 g/mol. The number of amides is 2. The summed E-state index contributed by atoms with van der Waals surface area (Å²) in [7, 11) is 0. The van der Waals surface area contributed by atoms with Crippen LogP contribution in [0.15, 0.2) is 30.6 Å². The molecule has 4 heterocycles. The number of hydrogen-bond donors (Lipinski definition) is 2. The van der Waals surface area contributed by atoms with Crippen LogP contribution in [0.1, 0.15) is 19.3 Å². The van der Waals surface area contributed by atoms with Crippen molar-refractivity contribution in [3.63, 3.8) is 0 Å². The number of nitrogens with zero attached hydrogens (tertiary/aromatic N) is 4. The molecule has 2 N–H and O–H groups in total. The van der Waals surface area contributed by atoms with E-state index in [2.05, 4.69) is 20.6 Å².